The molecule has 3 N–H and O–H groups in total. The van der Waals surface area contributed by atoms with E-state index in [0.717, 1.165) is 6.07 Å². The van der Waals surface area contributed by atoms with Gasteiger partial charge in [-0.1, -0.05) is 24.3 Å². The second-order valence-corrected chi connectivity index (χ2v) is 13.1. The number of nitrogens with zero attached hydrogens (tertiary/aromatic N) is 2. The molecule has 4 aromatic rings. The van der Waals surface area contributed by atoms with Crippen LogP contribution in [0.4, 0.5) is 22.7 Å². The third-order valence-electron chi connectivity index (χ3n) is 5.75. The van der Waals surface area contributed by atoms with Crippen LogP contribution in [0.3, 0.4) is 0 Å². The van der Waals surface area contributed by atoms with Gasteiger partial charge in [0.2, 0.25) is 10.4 Å². The van der Waals surface area contributed by atoms with Crippen molar-refractivity contribution in [2.45, 2.75) is 9.79 Å². The maximum atomic E-state index is 12.6. The Hall–Kier alpha value is -2.26. The van der Waals surface area contributed by atoms with E-state index in [2.05, 4.69) is 19.7 Å². The maximum absolute atomic E-state index is 12.6. The van der Waals surface area contributed by atoms with E-state index in [9.17, 15) is 39.2 Å². The second kappa shape index (κ2) is 15.4. The molecule has 19 heteroatoms. The topological polar surface area (TPSA) is 238 Å². The van der Waals surface area contributed by atoms with Crippen molar-refractivity contribution >= 4 is 69.8 Å². The van der Waals surface area contributed by atoms with Crippen molar-refractivity contribution in [3.63, 3.8) is 0 Å². The van der Waals surface area contributed by atoms with Gasteiger partial charge in [-0.05, 0) is 54.6 Å². The number of rotatable bonds is 10. The van der Waals surface area contributed by atoms with Crippen molar-refractivity contribution in [2.75, 3.05) is 23.4 Å². The first-order valence-corrected chi connectivity index (χ1v) is 16.1. The predicted octanol–water partition coefficient (Wildman–Crippen LogP) is -2.75. The number of carbonyl (C=O) groups excluding carboxylic acids is 1. The van der Waals surface area contributed by atoms with Gasteiger partial charge in [0.15, 0.2) is 9.84 Å². The van der Waals surface area contributed by atoms with Gasteiger partial charge in [-0.2, -0.15) is 5.11 Å². The fraction of sp³-hybridized carbons (Fsp3) is 0.0800. The summed E-state index contributed by atoms with van der Waals surface area (Å²) in [6, 6.07) is 18.1. The molecule has 0 heterocycles. The molecular formula is C25H20N4Na2O10S3. The summed E-state index contributed by atoms with van der Waals surface area (Å²) in [7, 11) is -13.8. The fourth-order valence-corrected chi connectivity index (χ4v) is 5.93. The number of azo groups is 1. The number of amides is 1. The van der Waals surface area contributed by atoms with Crippen molar-refractivity contribution in [3.8, 4) is 0 Å². The number of hydrogen-bond donors (Lipinski definition) is 2. The average molecular weight is 679 g/mol. The van der Waals surface area contributed by atoms with Crippen LogP contribution in [0.15, 0.2) is 98.9 Å². The zero-order valence-electron chi connectivity index (χ0n) is 23.2. The number of benzene rings is 4. The number of sulfone groups is 1. The number of nitrogens with one attached hydrogen (secondary N) is 1. The summed E-state index contributed by atoms with van der Waals surface area (Å²) in [5.74, 6) is -1.27. The van der Waals surface area contributed by atoms with Gasteiger partial charge in [0.1, 0.15) is 15.8 Å². The Kier molecular flexibility index (Phi) is 13.2. The Morgan fingerprint density at radius 2 is 1.41 bits per heavy atom. The van der Waals surface area contributed by atoms with E-state index in [4.69, 9.17) is 5.73 Å². The molecule has 0 saturated heterocycles. The smallest absolute Gasteiger partial charge is 0.744 e. The average Bonchev–Trinajstić information content (AvgIpc) is 2.92. The van der Waals surface area contributed by atoms with Crippen LogP contribution in [-0.4, -0.2) is 52.6 Å². The van der Waals surface area contributed by atoms with Crippen LogP contribution in [-0.2, 0) is 34.5 Å². The number of hydrogen-bond acceptors (Lipinski definition) is 13. The van der Waals surface area contributed by atoms with Crippen molar-refractivity contribution in [1.82, 2.24) is 0 Å². The summed E-state index contributed by atoms with van der Waals surface area (Å²) in [6.45, 7) is -0.832. The fourth-order valence-electron chi connectivity index (χ4n) is 3.74. The van der Waals surface area contributed by atoms with Crippen molar-refractivity contribution in [3.05, 3.63) is 84.4 Å². The van der Waals surface area contributed by atoms with Crippen molar-refractivity contribution in [1.29, 1.82) is 0 Å². The Morgan fingerprint density at radius 3 is 1.98 bits per heavy atom. The van der Waals surface area contributed by atoms with Crippen molar-refractivity contribution < 1.29 is 102 Å². The summed E-state index contributed by atoms with van der Waals surface area (Å²) >= 11 is 0. The second-order valence-electron chi connectivity index (χ2n) is 8.58. The largest absolute Gasteiger partial charge is 1.00 e. The van der Waals surface area contributed by atoms with Crippen LogP contribution in [0.2, 0.25) is 0 Å². The molecule has 14 nitrogen and oxygen atoms in total. The number of nitrogens with two attached hydrogens (primary N) is 1. The molecule has 0 radical (unpaired) electrons. The Labute approximate surface area is 297 Å². The quantitative estimate of drug-likeness (QED) is 0.0573. The predicted molar refractivity (Wildman–Crippen MR) is 149 cm³/mol. The third kappa shape index (κ3) is 9.87. The van der Waals surface area contributed by atoms with E-state index in [1.807, 2.05) is 0 Å². The van der Waals surface area contributed by atoms with Gasteiger partial charge in [0.25, 0.3) is 5.91 Å². The first kappa shape index (κ1) is 37.9. The summed E-state index contributed by atoms with van der Waals surface area (Å²) in [4.78, 5) is 12.0. The summed E-state index contributed by atoms with van der Waals surface area (Å²) in [6.07, 6.45) is 0. The number of nitrogen functional groups attached to an aromatic ring is 1. The molecule has 0 unspecified atom stereocenters. The van der Waals surface area contributed by atoms with Gasteiger partial charge < -0.3 is 20.2 Å². The van der Waals surface area contributed by atoms with E-state index in [1.165, 1.54) is 54.6 Å². The molecule has 0 aliphatic carbocycles. The molecule has 4 rings (SSSR count). The molecule has 44 heavy (non-hydrogen) atoms. The van der Waals surface area contributed by atoms with E-state index >= 15 is 0 Å². The molecule has 0 aliphatic rings. The Balaban J connectivity index is 0.00000337. The van der Waals surface area contributed by atoms with E-state index in [0.29, 0.717) is 5.39 Å². The number of anilines is 2. The summed E-state index contributed by atoms with van der Waals surface area (Å²) in [5, 5.41) is 11.1. The molecule has 0 saturated carbocycles. The van der Waals surface area contributed by atoms with E-state index < -0.39 is 53.5 Å². The van der Waals surface area contributed by atoms with Gasteiger partial charge in [-0.25, -0.2) is 25.3 Å². The van der Waals surface area contributed by atoms with Crippen LogP contribution in [0.25, 0.3) is 10.8 Å². The number of carbonyl (C=O) groups is 1. The molecule has 0 fully saturated rings. The van der Waals surface area contributed by atoms with Crippen LogP contribution in [0.5, 0.6) is 0 Å². The van der Waals surface area contributed by atoms with Gasteiger partial charge in [0.05, 0.1) is 33.5 Å². The normalized spacial score (nSPS) is 12.0. The number of fused-ring (bicyclic) bond motifs is 1. The zero-order chi connectivity index (χ0) is 30.7. The molecule has 0 bridgehead atoms. The monoisotopic (exact) mass is 678 g/mol. The zero-order valence-corrected chi connectivity index (χ0v) is 29.6. The molecule has 1 amide bonds. The summed E-state index contributed by atoms with van der Waals surface area (Å²) < 4.78 is 95.2. The first-order chi connectivity index (χ1) is 19.6. The SMILES string of the molecule is Nc1c(N=Nc2ccc(C(=O)Nc3ccc(S(=O)(=O)CCOS(=O)(=O)[O-])cc3)cc2)cc(S(=O)(=O)[O-])c2ccccc12.[Na+].[Na+]. The Bertz CT molecular complexity index is 2020. The molecule has 0 atom stereocenters. The molecule has 4 aromatic carbocycles. The minimum absolute atomic E-state index is 0. The van der Waals surface area contributed by atoms with Gasteiger partial charge in [-0.3, -0.25) is 8.98 Å². The Morgan fingerprint density at radius 1 is 0.818 bits per heavy atom. The van der Waals surface area contributed by atoms with Gasteiger partial charge >= 0.3 is 59.1 Å². The van der Waals surface area contributed by atoms with Crippen LogP contribution in [0, 0.1) is 0 Å². The molecule has 0 aromatic heterocycles. The van der Waals surface area contributed by atoms with Gasteiger partial charge in [0, 0.05) is 22.0 Å². The van der Waals surface area contributed by atoms with Gasteiger partial charge in [-0.15, -0.1) is 5.11 Å². The van der Waals surface area contributed by atoms with Crippen molar-refractivity contribution in [2.24, 2.45) is 10.2 Å². The minimum Gasteiger partial charge on any atom is -0.744 e. The first-order valence-electron chi connectivity index (χ1n) is 11.7. The van der Waals surface area contributed by atoms with E-state index in [-0.39, 0.29) is 97.7 Å². The minimum atomic E-state index is -5.02. The molecular weight excluding hydrogens is 658 g/mol. The van der Waals surface area contributed by atoms with E-state index in [1.54, 1.807) is 18.2 Å². The standard InChI is InChI=1S/C25H22N4O10S3.2Na/c26-24-21-4-2-1-3-20(21)23(41(33,34)35)15-22(24)29-28-18-7-5-16(6-8-18)25(30)27-17-9-11-19(12-10-17)40(31,32)14-13-39-42(36,37)38;;/h1-12,15H,13-14,26H2,(H,27,30)(H,33,34,35)(H,36,37,38);;/q;2*+1/p-2. The molecule has 0 spiro atoms. The molecule has 0 aliphatic heterocycles. The molecule has 220 valence electrons. The third-order valence-corrected chi connectivity index (χ3v) is 8.78. The maximum Gasteiger partial charge on any atom is 1.00 e. The van der Waals surface area contributed by atoms with Crippen LogP contribution >= 0.6 is 0 Å². The van der Waals surface area contributed by atoms with Crippen LogP contribution in [0.1, 0.15) is 10.4 Å². The summed E-state index contributed by atoms with van der Waals surface area (Å²) in [5.41, 5.74) is 6.98. The van der Waals surface area contributed by atoms with Crippen LogP contribution < -0.4 is 70.2 Å².